The van der Waals surface area contributed by atoms with Gasteiger partial charge in [0.2, 0.25) is 0 Å². The molecule has 0 spiro atoms. The molecule has 0 unspecified atom stereocenters. The predicted octanol–water partition coefficient (Wildman–Crippen LogP) is 21.4. The number of anilines is 6. The lowest BCUT2D eigenvalue weighted by atomic mass is 9.86. The van der Waals surface area contributed by atoms with Crippen LogP contribution in [0.3, 0.4) is 0 Å². The van der Waals surface area contributed by atoms with Crippen LogP contribution >= 0.6 is 0 Å². The van der Waals surface area contributed by atoms with Crippen molar-refractivity contribution in [3.63, 3.8) is 0 Å². The van der Waals surface area contributed by atoms with Crippen LogP contribution < -0.4 is 9.80 Å². The van der Waals surface area contributed by atoms with Gasteiger partial charge in [-0.3, -0.25) is 0 Å². The van der Waals surface area contributed by atoms with E-state index in [0.717, 1.165) is 122 Å². The van der Waals surface area contributed by atoms with Gasteiger partial charge in [-0.25, -0.2) is 0 Å². The number of para-hydroxylation sites is 4. The van der Waals surface area contributed by atoms with Crippen LogP contribution in [0.5, 0.6) is 0 Å². The van der Waals surface area contributed by atoms with E-state index in [9.17, 15) is 0 Å². The Morgan fingerprint density at radius 2 is 0.688 bits per heavy atom. The van der Waals surface area contributed by atoms with Crippen molar-refractivity contribution in [1.82, 2.24) is 0 Å². The first-order valence-corrected chi connectivity index (χ1v) is 26.6. The average Bonchev–Trinajstić information content (AvgIpc) is 4.19. The van der Waals surface area contributed by atoms with E-state index >= 15 is 0 Å². The molecule has 0 fully saturated rings. The number of fused-ring (bicyclic) bond motifs is 11. The zero-order valence-electron chi connectivity index (χ0n) is 44.1. The Kier molecular flexibility index (Phi) is 10.6. The van der Waals surface area contributed by atoms with Gasteiger partial charge in [-0.15, -0.1) is 0 Å². The number of furan rings is 3. The standard InChI is InChI=1S/C72H56N2O3/c1-71(2,3)59-29-15-25-54-56-27-17-31-61(69(56)76-67(54)59)73(49-37-33-47(34-38-49)45-19-9-7-10-20-45)51-41-42-58-64(43-51)75-65-44-63(52-23-13-14-24-53(52)66(58)65)74(50-39-35-48(36-40-50)46-21-11-8-12-22-46)62-32-18-28-57-55-26-16-30-60(72(4,5)6)68(55)77-70(57)62/h7-44H,1-6H3. The van der Waals surface area contributed by atoms with Crippen molar-refractivity contribution >= 4 is 111 Å². The first-order chi connectivity index (χ1) is 37.5. The molecule has 5 heteroatoms. The van der Waals surface area contributed by atoms with E-state index in [1.165, 1.54) is 22.3 Å². The van der Waals surface area contributed by atoms with E-state index in [0.29, 0.717) is 0 Å². The molecule has 0 N–H and O–H groups in total. The van der Waals surface area contributed by atoms with Gasteiger partial charge in [0.15, 0.2) is 11.2 Å². The summed E-state index contributed by atoms with van der Waals surface area (Å²) in [6.07, 6.45) is 0. The molecule has 0 amide bonds. The maximum absolute atomic E-state index is 7.22. The molecule has 11 aromatic carbocycles. The Balaban J connectivity index is 0.981. The topological polar surface area (TPSA) is 45.9 Å². The highest BCUT2D eigenvalue weighted by atomic mass is 16.3. The number of benzene rings is 11. The third-order valence-electron chi connectivity index (χ3n) is 15.5. The zero-order valence-corrected chi connectivity index (χ0v) is 44.1. The quantitative estimate of drug-likeness (QED) is 0.152. The fourth-order valence-corrected chi connectivity index (χ4v) is 11.8. The number of hydrogen-bond donors (Lipinski definition) is 0. The summed E-state index contributed by atoms with van der Waals surface area (Å²) in [5, 5.41) is 8.65. The van der Waals surface area contributed by atoms with Gasteiger partial charge in [0.1, 0.15) is 22.3 Å². The molecule has 0 saturated heterocycles. The van der Waals surface area contributed by atoms with Crippen LogP contribution in [0.15, 0.2) is 244 Å². The Morgan fingerprint density at radius 3 is 1.21 bits per heavy atom. The molecule has 0 radical (unpaired) electrons. The predicted molar refractivity (Wildman–Crippen MR) is 323 cm³/mol. The van der Waals surface area contributed by atoms with Gasteiger partial charge in [0.05, 0.1) is 22.7 Å². The molecule has 14 aromatic rings. The highest BCUT2D eigenvalue weighted by Crippen LogP contribution is 2.50. The summed E-state index contributed by atoms with van der Waals surface area (Å²) >= 11 is 0. The smallest absolute Gasteiger partial charge is 0.159 e. The summed E-state index contributed by atoms with van der Waals surface area (Å²) in [6.45, 7) is 13.5. The second-order valence-corrected chi connectivity index (χ2v) is 22.5. The molecule has 0 atom stereocenters. The Hall–Kier alpha value is -9.32. The van der Waals surface area contributed by atoms with E-state index < -0.39 is 0 Å². The van der Waals surface area contributed by atoms with Crippen LogP contribution in [-0.2, 0) is 10.8 Å². The average molecular weight is 997 g/mol. The monoisotopic (exact) mass is 996 g/mol. The van der Waals surface area contributed by atoms with E-state index in [2.05, 4.69) is 282 Å². The lowest BCUT2D eigenvalue weighted by Crippen LogP contribution is -2.11. The van der Waals surface area contributed by atoms with E-state index in [1.807, 2.05) is 0 Å². The van der Waals surface area contributed by atoms with Gasteiger partial charge in [-0.1, -0.05) is 211 Å². The molecule has 3 aromatic heterocycles. The highest BCUT2D eigenvalue weighted by molar-refractivity contribution is 6.24. The van der Waals surface area contributed by atoms with Crippen LogP contribution in [0.2, 0.25) is 0 Å². The fourth-order valence-electron chi connectivity index (χ4n) is 11.8. The molecule has 372 valence electrons. The van der Waals surface area contributed by atoms with Crippen LogP contribution in [-0.4, -0.2) is 0 Å². The molecule has 0 bridgehead atoms. The van der Waals surface area contributed by atoms with Gasteiger partial charge in [-0.2, -0.15) is 0 Å². The SMILES string of the molecule is CC(C)(C)c1cccc2c1oc1c(N(c3ccc(-c4ccccc4)cc3)c3ccc4c(c3)oc3cc(N(c5ccc(-c6ccccc6)cc5)c5cccc6c5oc5c(C(C)(C)C)cccc56)c5ccccc5c34)cccc12. The van der Waals surface area contributed by atoms with Crippen molar-refractivity contribution < 1.29 is 13.3 Å². The first kappa shape index (κ1) is 46.2. The maximum atomic E-state index is 7.22. The van der Waals surface area contributed by atoms with Crippen LogP contribution in [0.25, 0.3) is 98.8 Å². The van der Waals surface area contributed by atoms with Crippen molar-refractivity contribution in [1.29, 1.82) is 0 Å². The third kappa shape index (κ3) is 7.67. The second-order valence-electron chi connectivity index (χ2n) is 22.5. The summed E-state index contributed by atoms with van der Waals surface area (Å²) in [5.74, 6) is 0. The van der Waals surface area contributed by atoms with Gasteiger partial charge >= 0.3 is 0 Å². The number of rotatable bonds is 8. The van der Waals surface area contributed by atoms with Crippen LogP contribution in [0, 0.1) is 0 Å². The van der Waals surface area contributed by atoms with Crippen molar-refractivity contribution in [2.75, 3.05) is 9.80 Å². The largest absolute Gasteiger partial charge is 0.456 e. The summed E-state index contributed by atoms with van der Waals surface area (Å²) < 4.78 is 21.4. The minimum absolute atomic E-state index is 0.113. The molecule has 0 aliphatic heterocycles. The molecule has 0 saturated carbocycles. The summed E-state index contributed by atoms with van der Waals surface area (Å²) in [4.78, 5) is 4.67. The van der Waals surface area contributed by atoms with Crippen molar-refractivity contribution in [3.8, 4) is 22.3 Å². The minimum atomic E-state index is -0.121. The first-order valence-electron chi connectivity index (χ1n) is 26.6. The molecule has 0 aliphatic carbocycles. The van der Waals surface area contributed by atoms with Crippen LogP contribution in [0.1, 0.15) is 52.7 Å². The Labute approximate surface area is 447 Å². The lowest BCUT2D eigenvalue weighted by Gasteiger charge is -2.27. The van der Waals surface area contributed by atoms with Gasteiger partial charge < -0.3 is 23.1 Å². The highest BCUT2D eigenvalue weighted by Gasteiger charge is 2.28. The Morgan fingerprint density at radius 1 is 0.273 bits per heavy atom. The molecular weight excluding hydrogens is 941 g/mol. The van der Waals surface area contributed by atoms with Gasteiger partial charge in [-0.05, 0) is 87.0 Å². The maximum Gasteiger partial charge on any atom is 0.159 e. The molecule has 5 nitrogen and oxygen atoms in total. The van der Waals surface area contributed by atoms with Crippen molar-refractivity contribution in [2.24, 2.45) is 0 Å². The summed E-state index contributed by atoms with van der Waals surface area (Å²) in [7, 11) is 0. The fraction of sp³-hybridized carbons (Fsp3) is 0.111. The lowest BCUT2D eigenvalue weighted by molar-refractivity contribution is 0.572. The van der Waals surface area contributed by atoms with Crippen molar-refractivity contribution in [2.45, 2.75) is 52.4 Å². The van der Waals surface area contributed by atoms with Gasteiger partial charge in [0, 0.05) is 72.3 Å². The molecule has 14 rings (SSSR count). The summed E-state index contributed by atoms with van der Waals surface area (Å²) in [6, 6.07) is 82.5. The Bertz CT molecular complexity index is 4570. The van der Waals surface area contributed by atoms with E-state index in [4.69, 9.17) is 13.3 Å². The number of nitrogens with zero attached hydrogens (tertiary/aromatic N) is 2. The van der Waals surface area contributed by atoms with E-state index in [1.54, 1.807) is 0 Å². The van der Waals surface area contributed by atoms with E-state index in [-0.39, 0.29) is 10.8 Å². The zero-order chi connectivity index (χ0) is 52.2. The summed E-state index contributed by atoms with van der Waals surface area (Å²) in [5.41, 5.74) is 17.6. The third-order valence-corrected chi connectivity index (χ3v) is 15.5. The van der Waals surface area contributed by atoms with Gasteiger partial charge in [0.25, 0.3) is 0 Å². The molecule has 3 heterocycles. The number of hydrogen-bond acceptors (Lipinski definition) is 5. The van der Waals surface area contributed by atoms with Crippen LogP contribution in [0.4, 0.5) is 34.1 Å². The minimum Gasteiger partial charge on any atom is -0.456 e. The molecular formula is C72H56N2O3. The van der Waals surface area contributed by atoms with Crippen molar-refractivity contribution in [3.05, 3.63) is 242 Å². The second kappa shape index (κ2) is 17.6. The molecule has 0 aliphatic rings. The molecule has 77 heavy (non-hydrogen) atoms. The normalized spacial score (nSPS) is 12.3.